The maximum Gasteiger partial charge on any atom is 0.243 e. The second-order valence-corrected chi connectivity index (χ2v) is 7.75. The number of halogens is 1. The summed E-state index contributed by atoms with van der Waals surface area (Å²) in [4.78, 5) is 2.20. The zero-order valence-corrected chi connectivity index (χ0v) is 14.7. The summed E-state index contributed by atoms with van der Waals surface area (Å²) in [6, 6.07) is 4.61. The number of hydrogen-bond donors (Lipinski definition) is 1. The van der Waals surface area contributed by atoms with Crippen molar-refractivity contribution in [1.29, 1.82) is 0 Å². The summed E-state index contributed by atoms with van der Waals surface area (Å²) in [5.74, 6) is 0. The Hall–Kier alpha value is -0.630. The van der Waals surface area contributed by atoms with Crippen molar-refractivity contribution in [1.82, 2.24) is 9.21 Å². The van der Waals surface area contributed by atoms with Gasteiger partial charge in [-0.3, -0.25) is 0 Å². The molecule has 0 aromatic heterocycles. The molecule has 0 heterocycles. The van der Waals surface area contributed by atoms with E-state index in [1.54, 1.807) is 12.1 Å². The van der Waals surface area contributed by atoms with Crippen molar-refractivity contribution in [3.8, 4) is 0 Å². The number of nitrogen functional groups attached to an aromatic ring is 1. The second-order valence-electron chi connectivity index (χ2n) is 5.00. The minimum atomic E-state index is -3.53. The van der Waals surface area contributed by atoms with Crippen molar-refractivity contribution in [2.24, 2.45) is 0 Å². The predicted molar refractivity (Wildman–Crippen MR) is 86.1 cm³/mol. The Bertz CT molecular complexity index is 561. The molecular formula is C13H22BrN3O2S. The highest BCUT2D eigenvalue weighted by atomic mass is 79.9. The van der Waals surface area contributed by atoms with Crippen molar-refractivity contribution in [2.75, 3.05) is 32.9 Å². The van der Waals surface area contributed by atoms with Crippen LogP contribution in [0.5, 0.6) is 0 Å². The van der Waals surface area contributed by atoms with E-state index < -0.39 is 10.0 Å². The molecule has 0 radical (unpaired) electrons. The molecule has 1 rings (SSSR count). The van der Waals surface area contributed by atoms with Crippen LogP contribution in [-0.2, 0) is 10.0 Å². The standard InChI is InChI=1S/C13H22BrN3O2S/c1-5-17(10(2)9-16(3)4)20(18,19)11-6-7-12(14)13(15)8-11/h6-8,10H,5,9,15H2,1-4H3. The van der Waals surface area contributed by atoms with E-state index in [4.69, 9.17) is 5.73 Å². The third kappa shape index (κ3) is 3.94. The van der Waals surface area contributed by atoms with Crippen molar-refractivity contribution < 1.29 is 8.42 Å². The average Bonchev–Trinajstić information content (AvgIpc) is 2.31. The fourth-order valence-corrected chi connectivity index (χ4v) is 4.07. The SMILES string of the molecule is CCN(C(C)CN(C)C)S(=O)(=O)c1ccc(Br)c(N)c1. The summed E-state index contributed by atoms with van der Waals surface area (Å²) >= 11 is 3.27. The molecule has 0 saturated heterocycles. The van der Waals surface area contributed by atoms with Gasteiger partial charge in [-0.1, -0.05) is 6.92 Å². The molecule has 1 aromatic carbocycles. The fraction of sp³-hybridized carbons (Fsp3) is 0.538. The second kappa shape index (κ2) is 6.89. The Kier molecular flexibility index (Phi) is 6.00. The van der Waals surface area contributed by atoms with Crippen LogP contribution in [0.4, 0.5) is 5.69 Å². The van der Waals surface area contributed by atoms with Gasteiger partial charge in [0.15, 0.2) is 0 Å². The molecule has 0 aliphatic rings. The topological polar surface area (TPSA) is 66.6 Å². The molecule has 114 valence electrons. The van der Waals surface area contributed by atoms with Gasteiger partial charge < -0.3 is 10.6 Å². The van der Waals surface area contributed by atoms with Crippen molar-refractivity contribution in [2.45, 2.75) is 24.8 Å². The molecule has 1 aromatic rings. The molecule has 1 unspecified atom stereocenters. The number of nitrogens with zero attached hydrogens (tertiary/aromatic N) is 2. The molecule has 1 atom stereocenters. The highest BCUT2D eigenvalue weighted by molar-refractivity contribution is 9.10. The van der Waals surface area contributed by atoms with Crippen molar-refractivity contribution in [3.63, 3.8) is 0 Å². The van der Waals surface area contributed by atoms with E-state index in [0.717, 1.165) is 0 Å². The molecule has 7 heteroatoms. The van der Waals surface area contributed by atoms with Gasteiger partial charge in [0.25, 0.3) is 0 Å². The number of benzene rings is 1. The fourth-order valence-electron chi connectivity index (χ4n) is 2.16. The van der Waals surface area contributed by atoms with Crippen LogP contribution in [-0.4, -0.2) is 50.8 Å². The van der Waals surface area contributed by atoms with Crippen LogP contribution >= 0.6 is 15.9 Å². The van der Waals surface area contributed by atoms with Crippen LogP contribution in [0.2, 0.25) is 0 Å². The monoisotopic (exact) mass is 363 g/mol. The van der Waals surface area contributed by atoms with Crippen LogP contribution in [0, 0.1) is 0 Å². The molecule has 0 amide bonds. The van der Waals surface area contributed by atoms with Crippen LogP contribution in [0.1, 0.15) is 13.8 Å². The van der Waals surface area contributed by atoms with Gasteiger partial charge in [0.05, 0.1) is 4.90 Å². The van der Waals surface area contributed by atoms with Gasteiger partial charge in [0.1, 0.15) is 0 Å². The lowest BCUT2D eigenvalue weighted by Gasteiger charge is -2.29. The molecule has 0 fully saturated rings. The summed E-state index contributed by atoms with van der Waals surface area (Å²) in [7, 11) is 0.321. The van der Waals surface area contributed by atoms with E-state index in [1.165, 1.54) is 10.4 Å². The lowest BCUT2D eigenvalue weighted by molar-refractivity contribution is 0.271. The van der Waals surface area contributed by atoms with Crippen LogP contribution < -0.4 is 5.73 Å². The van der Waals surface area contributed by atoms with E-state index in [1.807, 2.05) is 32.8 Å². The summed E-state index contributed by atoms with van der Waals surface area (Å²) in [6.45, 7) is 4.83. The van der Waals surface area contributed by atoms with E-state index in [9.17, 15) is 8.42 Å². The Morgan fingerprint density at radius 1 is 1.35 bits per heavy atom. The van der Waals surface area contributed by atoms with Crippen LogP contribution in [0.25, 0.3) is 0 Å². The molecule has 20 heavy (non-hydrogen) atoms. The smallest absolute Gasteiger partial charge is 0.243 e. The van der Waals surface area contributed by atoms with Gasteiger partial charge in [0, 0.05) is 29.3 Å². The highest BCUT2D eigenvalue weighted by Crippen LogP contribution is 2.25. The summed E-state index contributed by atoms with van der Waals surface area (Å²) in [6.07, 6.45) is 0. The molecule has 0 saturated carbocycles. The number of rotatable bonds is 6. The van der Waals surface area contributed by atoms with Gasteiger partial charge in [-0.15, -0.1) is 0 Å². The molecule has 0 bridgehead atoms. The molecule has 2 N–H and O–H groups in total. The Morgan fingerprint density at radius 3 is 2.40 bits per heavy atom. The van der Waals surface area contributed by atoms with Gasteiger partial charge in [-0.25, -0.2) is 8.42 Å². The van der Waals surface area contributed by atoms with E-state index in [0.29, 0.717) is 23.2 Å². The van der Waals surface area contributed by atoms with Crippen molar-refractivity contribution in [3.05, 3.63) is 22.7 Å². The van der Waals surface area contributed by atoms with Crippen molar-refractivity contribution >= 4 is 31.6 Å². The first-order valence-electron chi connectivity index (χ1n) is 6.41. The number of nitrogens with two attached hydrogens (primary N) is 1. The van der Waals surface area contributed by atoms with Gasteiger partial charge in [0.2, 0.25) is 10.0 Å². The molecular weight excluding hydrogens is 342 g/mol. The van der Waals surface area contributed by atoms with E-state index >= 15 is 0 Å². The minimum absolute atomic E-state index is 0.107. The lowest BCUT2D eigenvalue weighted by Crippen LogP contribution is -2.43. The Labute approximate surface area is 129 Å². The normalized spacial score (nSPS) is 13.9. The molecule has 0 spiro atoms. The Balaban J connectivity index is 3.14. The largest absolute Gasteiger partial charge is 0.398 e. The maximum absolute atomic E-state index is 12.7. The first-order valence-corrected chi connectivity index (χ1v) is 8.65. The summed E-state index contributed by atoms with van der Waals surface area (Å²) in [5.41, 5.74) is 6.20. The first kappa shape index (κ1) is 17.4. The first-order chi connectivity index (χ1) is 9.20. The number of hydrogen-bond acceptors (Lipinski definition) is 4. The average molecular weight is 364 g/mol. The lowest BCUT2D eigenvalue weighted by atomic mass is 10.3. The van der Waals surface area contributed by atoms with Gasteiger partial charge >= 0.3 is 0 Å². The molecule has 0 aliphatic carbocycles. The highest BCUT2D eigenvalue weighted by Gasteiger charge is 2.28. The number of anilines is 1. The molecule has 5 nitrogen and oxygen atoms in total. The van der Waals surface area contributed by atoms with Crippen LogP contribution in [0.15, 0.2) is 27.6 Å². The Morgan fingerprint density at radius 2 is 1.95 bits per heavy atom. The maximum atomic E-state index is 12.7. The number of sulfonamides is 1. The van der Waals surface area contributed by atoms with Crippen LogP contribution in [0.3, 0.4) is 0 Å². The van der Waals surface area contributed by atoms with E-state index in [2.05, 4.69) is 15.9 Å². The quantitative estimate of drug-likeness (QED) is 0.784. The zero-order chi connectivity index (χ0) is 15.5. The predicted octanol–water partition coefficient (Wildman–Crippen LogP) is 1.99. The number of likely N-dealkylation sites (N-methyl/N-ethyl adjacent to an activating group) is 2. The molecule has 0 aliphatic heterocycles. The van der Waals surface area contributed by atoms with Gasteiger partial charge in [-0.2, -0.15) is 4.31 Å². The summed E-state index contributed by atoms with van der Waals surface area (Å²) < 4.78 is 27.6. The third-order valence-corrected chi connectivity index (χ3v) is 5.81. The van der Waals surface area contributed by atoms with E-state index in [-0.39, 0.29) is 10.9 Å². The zero-order valence-electron chi connectivity index (χ0n) is 12.3. The third-order valence-electron chi connectivity index (χ3n) is 3.01. The summed E-state index contributed by atoms with van der Waals surface area (Å²) in [5, 5.41) is 0. The van der Waals surface area contributed by atoms with Gasteiger partial charge in [-0.05, 0) is 55.1 Å². The minimum Gasteiger partial charge on any atom is -0.398 e.